The number of aliphatic imine (C=N–C) groups is 1. The lowest BCUT2D eigenvalue weighted by molar-refractivity contribution is 0.0734. The minimum Gasteiger partial charge on any atom is -0.422 e. The zero-order chi connectivity index (χ0) is 18.5. The molecule has 0 aromatic heterocycles. The van der Waals surface area contributed by atoms with E-state index >= 15 is 0 Å². The summed E-state index contributed by atoms with van der Waals surface area (Å²) in [6, 6.07) is 19.6. The zero-order valence-corrected chi connectivity index (χ0v) is 15.5. The van der Waals surface area contributed by atoms with Crippen LogP contribution in [0.3, 0.4) is 0 Å². The van der Waals surface area contributed by atoms with Crippen molar-refractivity contribution in [1.82, 2.24) is 0 Å². The number of esters is 1. The molecular weight excluding hydrogens is 369 g/mol. The normalized spacial score (nSPS) is 10.9. The van der Waals surface area contributed by atoms with Gasteiger partial charge in [0.1, 0.15) is 5.75 Å². The average molecular weight is 384 g/mol. The number of carbonyl (C=O) groups excluding carboxylic acids is 1. The maximum absolute atomic E-state index is 12.4. The summed E-state index contributed by atoms with van der Waals surface area (Å²) in [5.74, 6) is -0.149. The van der Waals surface area contributed by atoms with Crippen LogP contribution in [0.4, 0.5) is 5.69 Å². The van der Waals surface area contributed by atoms with Crippen LogP contribution in [0.2, 0.25) is 10.0 Å². The number of nitrogens with zero attached hydrogens (tertiary/aromatic N) is 1. The third-order valence-electron chi connectivity index (χ3n) is 3.73. The van der Waals surface area contributed by atoms with E-state index in [1.54, 1.807) is 24.4 Å². The molecule has 3 aromatic carbocycles. The molecule has 0 saturated heterocycles. The third-order valence-corrected chi connectivity index (χ3v) is 4.28. The van der Waals surface area contributed by atoms with Gasteiger partial charge in [-0.05, 0) is 48.9 Å². The molecular formula is C21H15Cl2NO2. The molecule has 0 fully saturated rings. The fourth-order valence-electron chi connectivity index (χ4n) is 2.34. The molecule has 0 amide bonds. The maximum atomic E-state index is 12.4. The van der Waals surface area contributed by atoms with Gasteiger partial charge in [0.15, 0.2) is 0 Å². The van der Waals surface area contributed by atoms with E-state index < -0.39 is 5.97 Å². The van der Waals surface area contributed by atoms with Crippen LogP contribution in [0.5, 0.6) is 5.75 Å². The highest BCUT2D eigenvalue weighted by molar-refractivity contribution is 6.36. The quantitative estimate of drug-likeness (QED) is 0.302. The first kappa shape index (κ1) is 18.2. The second-order valence-electron chi connectivity index (χ2n) is 5.60. The van der Waals surface area contributed by atoms with Gasteiger partial charge in [-0.1, -0.05) is 53.5 Å². The summed E-state index contributed by atoms with van der Waals surface area (Å²) in [4.78, 5) is 16.9. The largest absolute Gasteiger partial charge is 0.422 e. The molecule has 0 aliphatic carbocycles. The summed E-state index contributed by atoms with van der Waals surface area (Å²) < 4.78 is 5.51. The molecule has 0 heterocycles. The van der Waals surface area contributed by atoms with Gasteiger partial charge in [-0.2, -0.15) is 0 Å². The molecule has 0 aliphatic rings. The van der Waals surface area contributed by atoms with Crippen molar-refractivity contribution >= 4 is 41.1 Å². The predicted octanol–water partition coefficient (Wildman–Crippen LogP) is 6.27. The molecule has 0 atom stereocenters. The minimum atomic E-state index is -0.552. The maximum Gasteiger partial charge on any atom is 0.345 e. The van der Waals surface area contributed by atoms with Gasteiger partial charge in [-0.15, -0.1) is 0 Å². The van der Waals surface area contributed by atoms with E-state index in [2.05, 4.69) is 4.99 Å². The Labute approximate surface area is 161 Å². The number of aryl methyl sites for hydroxylation is 1. The number of hydrogen-bond donors (Lipinski definition) is 0. The zero-order valence-electron chi connectivity index (χ0n) is 13.9. The Kier molecular flexibility index (Phi) is 5.71. The summed E-state index contributed by atoms with van der Waals surface area (Å²) in [5, 5.41) is 0.700. The molecule has 0 aliphatic heterocycles. The van der Waals surface area contributed by atoms with Gasteiger partial charge in [-0.3, -0.25) is 4.99 Å². The van der Waals surface area contributed by atoms with E-state index in [1.165, 1.54) is 12.1 Å². The number of para-hydroxylation sites is 2. The van der Waals surface area contributed by atoms with Crippen molar-refractivity contribution in [3.05, 3.63) is 93.5 Å². The molecule has 0 N–H and O–H groups in total. The van der Waals surface area contributed by atoms with Crippen LogP contribution >= 0.6 is 23.2 Å². The van der Waals surface area contributed by atoms with Crippen LogP contribution in [-0.2, 0) is 0 Å². The fraction of sp³-hybridized carbons (Fsp3) is 0.0476. The van der Waals surface area contributed by atoms with E-state index in [0.717, 1.165) is 11.3 Å². The van der Waals surface area contributed by atoms with Crippen molar-refractivity contribution < 1.29 is 9.53 Å². The van der Waals surface area contributed by atoms with Crippen LogP contribution in [0.1, 0.15) is 21.5 Å². The smallest absolute Gasteiger partial charge is 0.345 e. The van der Waals surface area contributed by atoms with Crippen molar-refractivity contribution in [2.75, 3.05) is 0 Å². The Morgan fingerprint density at radius 3 is 2.50 bits per heavy atom. The van der Waals surface area contributed by atoms with Gasteiger partial charge < -0.3 is 4.74 Å². The molecule has 5 heteroatoms. The summed E-state index contributed by atoms with van der Waals surface area (Å²) in [6.07, 6.45) is 1.68. The third kappa shape index (κ3) is 4.31. The monoisotopic (exact) mass is 383 g/mol. The first-order chi connectivity index (χ1) is 12.5. The number of benzene rings is 3. The Morgan fingerprint density at radius 1 is 1.00 bits per heavy atom. The molecule has 130 valence electrons. The Morgan fingerprint density at radius 2 is 1.73 bits per heavy atom. The summed E-state index contributed by atoms with van der Waals surface area (Å²) in [6.45, 7) is 1.99. The number of carbonyl (C=O) groups is 1. The van der Waals surface area contributed by atoms with Crippen molar-refractivity contribution in [3.63, 3.8) is 0 Å². The van der Waals surface area contributed by atoms with E-state index in [-0.39, 0.29) is 10.6 Å². The molecule has 0 spiro atoms. The van der Waals surface area contributed by atoms with Gasteiger partial charge in [0.05, 0.1) is 16.3 Å². The molecule has 26 heavy (non-hydrogen) atoms. The topological polar surface area (TPSA) is 38.7 Å². The number of hydrogen-bond acceptors (Lipinski definition) is 3. The second kappa shape index (κ2) is 8.17. The van der Waals surface area contributed by atoms with Crippen molar-refractivity contribution in [1.29, 1.82) is 0 Å². The SMILES string of the molecule is Cc1ccccc1N=Cc1ccccc1OC(=O)c1ccc(Cl)cc1Cl. The average Bonchev–Trinajstić information content (AvgIpc) is 2.62. The van der Waals surface area contributed by atoms with Gasteiger partial charge in [0, 0.05) is 16.8 Å². The van der Waals surface area contributed by atoms with Gasteiger partial charge >= 0.3 is 5.97 Å². The van der Waals surface area contributed by atoms with E-state index in [1.807, 2.05) is 43.3 Å². The molecule has 0 unspecified atom stereocenters. The Balaban J connectivity index is 1.85. The van der Waals surface area contributed by atoms with Gasteiger partial charge in [0.25, 0.3) is 0 Å². The van der Waals surface area contributed by atoms with Crippen LogP contribution < -0.4 is 4.74 Å². The summed E-state index contributed by atoms with van der Waals surface area (Å²) in [7, 11) is 0. The Bertz CT molecular complexity index is 983. The first-order valence-corrected chi connectivity index (χ1v) is 8.66. The molecule has 3 aromatic rings. The summed E-state index contributed by atoms with van der Waals surface area (Å²) >= 11 is 11.9. The summed E-state index contributed by atoms with van der Waals surface area (Å²) in [5.41, 5.74) is 2.86. The molecule has 0 bridgehead atoms. The van der Waals surface area contributed by atoms with E-state index in [0.29, 0.717) is 16.3 Å². The predicted molar refractivity (Wildman–Crippen MR) is 106 cm³/mol. The lowest BCUT2D eigenvalue weighted by atomic mass is 10.2. The molecule has 3 rings (SSSR count). The second-order valence-corrected chi connectivity index (χ2v) is 6.44. The van der Waals surface area contributed by atoms with E-state index in [9.17, 15) is 4.79 Å². The Hall–Kier alpha value is -2.62. The highest BCUT2D eigenvalue weighted by Crippen LogP contribution is 2.24. The van der Waals surface area contributed by atoms with Crippen LogP contribution in [-0.4, -0.2) is 12.2 Å². The van der Waals surface area contributed by atoms with E-state index in [4.69, 9.17) is 27.9 Å². The van der Waals surface area contributed by atoms with Gasteiger partial charge in [-0.25, -0.2) is 4.79 Å². The van der Waals surface area contributed by atoms with Crippen LogP contribution in [0, 0.1) is 6.92 Å². The molecule has 0 saturated carbocycles. The van der Waals surface area contributed by atoms with Gasteiger partial charge in [0.2, 0.25) is 0 Å². The number of ether oxygens (including phenoxy) is 1. The van der Waals surface area contributed by atoms with Crippen LogP contribution in [0.15, 0.2) is 71.7 Å². The standard InChI is InChI=1S/C21H15Cl2NO2/c1-14-6-2-4-8-19(14)24-13-15-7-3-5-9-20(15)26-21(25)17-11-10-16(22)12-18(17)23/h2-13H,1H3. The molecule has 3 nitrogen and oxygen atoms in total. The molecule has 0 radical (unpaired) electrons. The fourth-order valence-corrected chi connectivity index (χ4v) is 2.82. The minimum absolute atomic E-state index is 0.244. The number of rotatable bonds is 4. The van der Waals surface area contributed by atoms with Crippen molar-refractivity contribution in [2.24, 2.45) is 4.99 Å². The highest BCUT2D eigenvalue weighted by atomic mass is 35.5. The number of halogens is 2. The lowest BCUT2D eigenvalue weighted by Crippen LogP contribution is -2.10. The van der Waals surface area contributed by atoms with Crippen molar-refractivity contribution in [2.45, 2.75) is 6.92 Å². The highest BCUT2D eigenvalue weighted by Gasteiger charge is 2.14. The van der Waals surface area contributed by atoms with Crippen LogP contribution in [0.25, 0.3) is 0 Å². The van der Waals surface area contributed by atoms with Crippen molar-refractivity contribution in [3.8, 4) is 5.75 Å². The lowest BCUT2D eigenvalue weighted by Gasteiger charge is -2.08. The first-order valence-electron chi connectivity index (χ1n) is 7.90.